The Morgan fingerprint density at radius 1 is 0.395 bits per heavy atom. The molecule has 81 heavy (non-hydrogen) atoms. The number of hydrogen-bond acceptors (Lipinski definition) is 5. The van der Waals surface area contributed by atoms with Gasteiger partial charge in [0.25, 0.3) is 6.33 Å². The molecule has 0 N–H and O–H groups in total. The van der Waals surface area contributed by atoms with E-state index in [2.05, 4.69) is 310 Å². The molecule has 13 aromatic rings. The smallest absolute Gasteiger partial charge is 0.415 e. The first-order chi connectivity index (χ1) is 39.4. The molecule has 3 aromatic heterocycles. The minimum Gasteiger partial charge on any atom is -0.415 e. The van der Waals surface area contributed by atoms with Gasteiger partial charge in [-0.3, -0.25) is 4.57 Å². The monoisotopic (exact) mass is 1220 g/mol. The minimum atomic E-state index is -0.320. The van der Waals surface area contributed by atoms with Crippen molar-refractivity contribution in [3.8, 4) is 17.1 Å². The van der Waals surface area contributed by atoms with Gasteiger partial charge in [0.05, 0.1) is 39.1 Å². The summed E-state index contributed by atoms with van der Waals surface area (Å²) in [6.07, 6.45) is 5.80. The Bertz CT molecular complexity index is 4470. The van der Waals surface area contributed by atoms with E-state index in [0.717, 1.165) is 84.8 Å². The quantitative estimate of drug-likeness (QED) is 0.0818. The molecule has 8 nitrogen and oxygen atoms in total. The van der Waals surface area contributed by atoms with Crippen molar-refractivity contribution in [2.75, 3.05) is 19.2 Å². The molecule has 11 heteroatoms. The Balaban J connectivity index is 0.00000589. The number of para-hydroxylation sites is 8. The van der Waals surface area contributed by atoms with Gasteiger partial charge in [-0.05, 0) is 105 Å². The van der Waals surface area contributed by atoms with Crippen LogP contribution in [0.5, 0.6) is 0 Å². The van der Waals surface area contributed by atoms with Gasteiger partial charge in [0, 0.05) is 49.4 Å². The zero-order valence-electron chi connectivity index (χ0n) is 45.1. The number of aryl methyl sites for hydroxylation is 4. The molecule has 0 saturated heterocycles. The second-order valence-corrected chi connectivity index (χ2v) is 21.0. The molecule has 0 amide bonds. The molecular formula is C70H52B2N8Pt-2. The Morgan fingerprint density at radius 3 is 1.56 bits per heavy atom. The summed E-state index contributed by atoms with van der Waals surface area (Å²) in [5.74, 6) is 0.868. The first-order valence-corrected chi connectivity index (χ1v) is 27.4. The van der Waals surface area contributed by atoms with Crippen LogP contribution in [0.3, 0.4) is 0 Å². The van der Waals surface area contributed by atoms with Gasteiger partial charge >= 0.3 is 14.0 Å². The molecule has 0 atom stereocenters. The van der Waals surface area contributed by atoms with Crippen LogP contribution in [0.1, 0.15) is 22.3 Å². The number of anilines is 8. The van der Waals surface area contributed by atoms with Crippen LogP contribution in [0.15, 0.2) is 243 Å². The third kappa shape index (κ3) is 7.95. The molecule has 0 aliphatic carbocycles. The second kappa shape index (κ2) is 20.1. The number of rotatable bonds is 9. The molecule has 0 unspecified atom stereocenters. The summed E-state index contributed by atoms with van der Waals surface area (Å²) in [6.45, 7) is 8.33. The van der Waals surface area contributed by atoms with Crippen LogP contribution in [-0.2, 0) is 21.1 Å². The average molecular weight is 1220 g/mol. The van der Waals surface area contributed by atoms with E-state index >= 15 is 0 Å². The molecule has 10 aromatic carbocycles. The van der Waals surface area contributed by atoms with Crippen molar-refractivity contribution >= 4 is 103 Å². The minimum absolute atomic E-state index is 0. The molecule has 5 heterocycles. The van der Waals surface area contributed by atoms with Gasteiger partial charge < -0.3 is 28.4 Å². The van der Waals surface area contributed by atoms with Gasteiger partial charge in [-0.15, -0.1) is 24.3 Å². The number of hydrogen-bond donors (Lipinski definition) is 0. The summed E-state index contributed by atoms with van der Waals surface area (Å²) in [6, 6.07) is 92.8. The predicted molar refractivity (Wildman–Crippen MR) is 330 cm³/mol. The van der Waals surface area contributed by atoms with Crippen molar-refractivity contribution in [2.24, 2.45) is 0 Å². The van der Waals surface area contributed by atoms with E-state index < -0.39 is 0 Å². The van der Waals surface area contributed by atoms with Crippen LogP contribution in [0.4, 0.5) is 45.6 Å². The molecular weight excluding hydrogens is 1170 g/mol. The standard InChI is InChI=1S/C70H52B2N8.Pt/c1-48-23-19-24-49(2)68(48)71-77(52-27-7-5-8-28-52)65-43-42-56(80-70-66(41-22-44-73-70)78(53-29-9-6-10-30-53)72(80)69-50(3)25-20-26-51(69)4)46-67(65)79(71)55-32-21-31-54(45-55)74-47-75(62-38-16-15-37-61(62)74)63-39-17-18-40-64(63)76-59-35-13-11-33-57(59)58-34-12-14-36-60(58)76;/h5-44H,1-4H3;/q-2;. The van der Waals surface area contributed by atoms with Crippen LogP contribution >= 0.6 is 0 Å². The first-order valence-electron chi connectivity index (χ1n) is 27.4. The van der Waals surface area contributed by atoms with Crippen molar-refractivity contribution in [1.29, 1.82) is 0 Å². The number of nitrogens with zero attached hydrogens (tertiary/aromatic N) is 8. The number of pyridine rings is 1. The fraction of sp³-hybridized carbons (Fsp3) is 0.0571. The normalized spacial score (nSPS) is 12.9. The van der Waals surface area contributed by atoms with E-state index in [1.165, 1.54) is 44.0 Å². The van der Waals surface area contributed by atoms with Crippen molar-refractivity contribution in [1.82, 2.24) is 14.1 Å². The summed E-state index contributed by atoms with van der Waals surface area (Å²) >= 11 is 0. The van der Waals surface area contributed by atoms with Crippen molar-refractivity contribution in [3.05, 3.63) is 283 Å². The Labute approximate surface area is 487 Å². The molecule has 2 aliphatic rings. The zero-order chi connectivity index (χ0) is 53.6. The third-order valence-corrected chi connectivity index (χ3v) is 16.3. The molecule has 15 rings (SSSR count). The Morgan fingerprint density at radius 2 is 0.901 bits per heavy atom. The number of benzene rings is 10. The van der Waals surface area contributed by atoms with Gasteiger partial charge in [0.1, 0.15) is 5.82 Å². The molecule has 0 saturated carbocycles. The SMILES string of the molecule is Cc1cccc(C)c1B1N(c2[c-]c(-n3[c-][n+](-c4ccccc4-n4c5ccccc5c5ccccc54)c4ccccc43)ccc2)c2[c-]c(N3B(c4c(C)cccc4C)N(c4ccccc4)c4cccnc43)ccc2N1c1ccccc1.[Pt]. The summed E-state index contributed by atoms with van der Waals surface area (Å²) in [4.78, 5) is 15.0. The van der Waals surface area contributed by atoms with Gasteiger partial charge in [0.15, 0.2) is 0 Å². The number of imidazole rings is 1. The van der Waals surface area contributed by atoms with E-state index in [4.69, 9.17) is 4.98 Å². The van der Waals surface area contributed by atoms with E-state index in [-0.39, 0.29) is 35.0 Å². The molecule has 0 spiro atoms. The number of aromatic nitrogens is 4. The maximum absolute atomic E-state index is 5.21. The van der Waals surface area contributed by atoms with Crippen LogP contribution in [0.2, 0.25) is 0 Å². The van der Waals surface area contributed by atoms with Crippen LogP contribution < -0.4 is 34.7 Å². The largest absolute Gasteiger partial charge is 0.420 e. The summed E-state index contributed by atoms with van der Waals surface area (Å²) in [5.41, 5.74) is 21.5. The molecule has 390 valence electrons. The van der Waals surface area contributed by atoms with Gasteiger partial charge in [0.2, 0.25) is 0 Å². The maximum atomic E-state index is 5.21. The topological polar surface area (TPSA) is 39.6 Å². The molecule has 2 aliphatic heterocycles. The fourth-order valence-corrected chi connectivity index (χ4v) is 12.9. The van der Waals surface area contributed by atoms with Crippen molar-refractivity contribution < 1.29 is 25.6 Å². The van der Waals surface area contributed by atoms with Gasteiger partial charge in [-0.25, -0.2) is 4.98 Å². The Kier molecular flexibility index (Phi) is 12.4. The van der Waals surface area contributed by atoms with Gasteiger partial charge in [-0.2, -0.15) is 18.2 Å². The van der Waals surface area contributed by atoms with Crippen LogP contribution in [0, 0.1) is 46.2 Å². The van der Waals surface area contributed by atoms with E-state index in [9.17, 15) is 0 Å². The Hall–Kier alpha value is -9.36. The van der Waals surface area contributed by atoms with Gasteiger partial charge in [-0.1, -0.05) is 191 Å². The van der Waals surface area contributed by atoms with E-state index in [0.29, 0.717) is 0 Å². The average Bonchev–Trinajstić information content (AvgIpc) is 4.29. The first kappa shape index (κ1) is 49.9. The van der Waals surface area contributed by atoms with E-state index in [1.807, 2.05) is 12.3 Å². The van der Waals surface area contributed by atoms with Crippen LogP contribution in [0.25, 0.3) is 49.9 Å². The summed E-state index contributed by atoms with van der Waals surface area (Å²) in [7, 11) is 0. The number of fused-ring (bicyclic) bond motifs is 6. The zero-order valence-corrected chi connectivity index (χ0v) is 47.4. The van der Waals surface area contributed by atoms with E-state index in [1.54, 1.807) is 0 Å². The fourth-order valence-electron chi connectivity index (χ4n) is 12.9. The van der Waals surface area contributed by atoms with Crippen molar-refractivity contribution in [2.45, 2.75) is 27.7 Å². The molecule has 0 fully saturated rings. The maximum Gasteiger partial charge on any atom is 0.420 e. The third-order valence-electron chi connectivity index (χ3n) is 16.3. The molecule has 0 radical (unpaired) electrons. The summed E-state index contributed by atoms with van der Waals surface area (Å²) in [5, 5.41) is 2.44. The van der Waals surface area contributed by atoms with Crippen LogP contribution in [-0.4, -0.2) is 28.1 Å². The summed E-state index contributed by atoms with van der Waals surface area (Å²) < 4.78 is 6.77. The second-order valence-electron chi connectivity index (χ2n) is 21.0. The molecule has 0 bridgehead atoms. The predicted octanol–water partition coefficient (Wildman–Crippen LogP) is 14.4. The van der Waals surface area contributed by atoms with Crippen molar-refractivity contribution in [3.63, 3.8) is 0 Å².